The lowest BCUT2D eigenvalue weighted by atomic mass is 10.1. The van der Waals surface area contributed by atoms with Gasteiger partial charge in [-0.1, -0.05) is 19.6 Å². The summed E-state index contributed by atoms with van der Waals surface area (Å²) in [6.45, 7) is 8.81. The van der Waals surface area contributed by atoms with Crippen molar-refractivity contribution in [3.8, 4) is 5.75 Å². The summed E-state index contributed by atoms with van der Waals surface area (Å²) >= 11 is 0. The first-order chi connectivity index (χ1) is 19.9. The molecule has 5 rings (SSSR count). The molecule has 0 bridgehead atoms. The largest absolute Gasteiger partial charge is 0.494 e. The number of benzene rings is 2. The van der Waals surface area contributed by atoms with Crippen molar-refractivity contribution in [2.24, 2.45) is 0 Å². The summed E-state index contributed by atoms with van der Waals surface area (Å²) in [4.78, 5) is 23.2. The zero-order valence-electron chi connectivity index (χ0n) is 24.5. The minimum absolute atomic E-state index is 0.454. The van der Waals surface area contributed by atoms with Crippen LogP contribution in [-0.4, -0.2) is 72.2 Å². The number of hydrogen-bond acceptors (Lipinski definition) is 10. The average Bonchev–Trinajstić information content (AvgIpc) is 3.49. The molecule has 1 saturated heterocycles. The summed E-state index contributed by atoms with van der Waals surface area (Å²) in [6, 6.07) is 8.80. The van der Waals surface area contributed by atoms with Crippen LogP contribution in [0.5, 0.6) is 5.75 Å². The molecular weight excluding hydrogens is 514 g/mol. The van der Waals surface area contributed by atoms with E-state index in [1.165, 1.54) is 11.3 Å². The van der Waals surface area contributed by atoms with E-state index in [1.807, 2.05) is 19.2 Å². The van der Waals surface area contributed by atoms with E-state index in [0.29, 0.717) is 24.4 Å². The number of rotatable bonds is 11. The minimum Gasteiger partial charge on any atom is -0.494 e. The normalized spacial score (nSPS) is 15.0. The predicted octanol–water partition coefficient (Wildman–Crippen LogP) is 4.98. The summed E-state index contributed by atoms with van der Waals surface area (Å²) in [7, 11) is 7.91. The molecule has 41 heavy (non-hydrogen) atoms. The van der Waals surface area contributed by atoms with Crippen LogP contribution in [-0.2, 0) is 13.0 Å². The van der Waals surface area contributed by atoms with Crippen LogP contribution in [0.25, 0.3) is 17.1 Å². The monoisotopic (exact) mass is 553 g/mol. The summed E-state index contributed by atoms with van der Waals surface area (Å²) in [5.74, 6) is 1.84. The van der Waals surface area contributed by atoms with Gasteiger partial charge in [0.25, 0.3) is 0 Å². The smallest absolute Gasteiger partial charge is 0.229 e. The highest BCUT2D eigenvalue weighted by atomic mass is 16.5. The van der Waals surface area contributed by atoms with E-state index in [-0.39, 0.29) is 0 Å². The number of nitrogens with zero attached hydrogens (tertiary/aromatic N) is 6. The molecule has 2 aromatic carbocycles. The lowest BCUT2D eigenvalue weighted by Crippen LogP contribution is -2.31. The Morgan fingerprint density at radius 1 is 1.12 bits per heavy atom. The van der Waals surface area contributed by atoms with Crippen molar-refractivity contribution in [1.82, 2.24) is 30.2 Å². The van der Waals surface area contributed by atoms with E-state index >= 15 is 0 Å². The quantitative estimate of drug-likeness (QED) is 0.236. The fourth-order valence-corrected chi connectivity index (χ4v) is 5.36. The highest BCUT2D eigenvalue weighted by Gasteiger charge is 2.26. The summed E-state index contributed by atoms with van der Waals surface area (Å²) in [5, 5.41) is 10.1. The highest BCUT2D eigenvalue weighted by Crippen LogP contribution is 2.37. The molecule has 0 aliphatic carbocycles. The van der Waals surface area contributed by atoms with Crippen molar-refractivity contribution in [3.05, 3.63) is 66.1 Å². The van der Waals surface area contributed by atoms with Gasteiger partial charge < -0.3 is 30.5 Å². The fraction of sp³-hybridized carbons (Fsp3) is 0.355. The van der Waals surface area contributed by atoms with Gasteiger partial charge in [0.1, 0.15) is 11.6 Å². The molecule has 0 saturated carbocycles. The molecule has 3 N–H and O–H groups in total. The lowest BCUT2D eigenvalue weighted by molar-refractivity contribution is 0.315. The zero-order chi connectivity index (χ0) is 28.9. The molecule has 1 aliphatic heterocycles. The van der Waals surface area contributed by atoms with Gasteiger partial charge in [0, 0.05) is 72.8 Å². The van der Waals surface area contributed by atoms with Gasteiger partial charge in [-0.25, -0.2) is 4.98 Å². The standard InChI is InChI=1S/C31H39N9O/c1-7-20-15-26(28(41-6)16-27(20)40-14-11-22(19-40)39(4)5)37-31-35-17-21(8-2)30(38-31)36-24-9-10-25-29(23(24)18-32-3)34-13-12-33-25/h8-10,12-13,15-17,22,32H,2,7,11,14,18-19H2,1,3-6H3,(H2,35,36,37,38). The molecular formula is C31H39N9O. The molecule has 1 aliphatic rings. The SMILES string of the molecule is C=Cc1cnc(Nc2cc(CC)c(N3CCC(N(C)C)C3)cc2OC)nc1Nc1ccc2nccnc2c1CNC. The van der Waals surface area contributed by atoms with Crippen LogP contribution in [0.15, 0.2) is 49.4 Å². The van der Waals surface area contributed by atoms with Crippen LogP contribution in [0.4, 0.5) is 28.8 Å². The Morgan fingerprint density at radius 3 is 2.66 bits per heavy atom. The molecule has 1 unspecified atom stereocenters. The van der Waals surface area contributed by atoms with Crippen LogP contribution in [0.2, 0.25) is 0 Å². The number of methoxy groups -OCH3 is 1. The Kier molecular flexibility index (Phi) is 8.61. The van der Waals surface area contributed by atoms with Crippen LogP contribution in [0.3, 0.4) is 0 Å². The minimum atomic E-state index is 0.454. The van der Waals surface area contributed by atoms with E-state index in [2.05, 4.69) is 80.4 Å². The molecule has 10 nitrogen and oxygen atoms in total. The lowest BCUT2D eigenvalue weighted by Gasteiger charge is -2.25. The molecule has 0 amide bonds. The third kappa shape index (κ3) is 5.94. The topological polar surface area (TPSA) is 103 Å². The number of fused-ring (bicyclic) bond motifs is 1. The summed E-state index contributed by atoms with van der Waals surface area (Å²) in [6.07, 6.45) is 8.97. The first-order valence-electron chi connectivity index (χ1n) is 14.0. The fourth-order valence-electron chi connectivity index (χ4n) is 5.36. The number of anilines is 5. The van der Waals surface area contributed by atoms with E-state index in [9.17, 15) is 0 Å². The molecule has 2 aromatic heterocycles. The first-order valence-corrected chi connectivity index (χ1v) is 14.0. The molecule has 4 aromatic rings. The summed E-state index contributed by atoms with van der Waals surface area (Å²) in [5.41, 5.74) is 7.65. The van der Waals surface area contributed by atoms with Crippen LogP contribution in [0.1, 0.15) is 30.0 Å². The number of nitrogens with one attached hydrogen (secondary N) is 3. The van der Waals surface area contributed by atoms with Gasteiger partial charge in [0.05, 0.1) is 23.8 Å². The third-order valence-corrected chi connectivity index (χ3v) is 7.65. The second kappa shape index (κ2) is 12.5. The molecule has 0 spiro atoms. The number of aromatic nitrogens is 4. The van der Waals surface area contributed by atoms with Gasteiger partial charge in [0.2, 0.25) is 5.95 Å². The van der Waals surface area contributed by atoms with Gasteiger partial charge >= 0.3 is 0 Å². The molecule has 3 heterocycles. The number of aryl methyl sites for hydroxylation is 1. The number of hydrogen-bond donors (Lipinski definition) is 3. The molecule has 1 atom stereocenters. The Hall–Kier alpha value is -4.28. The molecule has 214 valence electrons. The van der Waals surface area contributed by atoms with Crippen molar-refractivity contribution in [2.45, 2.75) is 32.4 Å². The molecule has 0 radical (unpaired) electrons. The van der Waals surface area contributed by atoms with Crippen LogP contribution < -0.4 is 25.6 Å². The van der Waals surface area contributed by atoms with E-state index in [4.69, 9.17) is 9.72 Å². The van der Waals surface area contributed by atoms with Gasteiger partial charge in [0.15, 0.2) is 0 Å². The van der Waals surface area contributed by atoms with E-state index in [0.717, 1.165) is 65.2 Å². The third-order valence-electron chi connectivity index (χ3n) is 7.65. The second-order valence-corrected chi connectivity index (χ2v) is 10.4. The van der Waals surface area contributed by atoms with Crippen molar-refractivity contribution in [1.29, 1.82) is 0 Å². The first kappa shape index (κ1) is 28.3. The van der Waals surface area contributed by atoms with Gasteiger partial charge in [-0.15, -0.1) is 0 Å². The van der Waals surface area contributed by atoms with Gasteiger partial charge in [-0.05, 0) is 57.7 Å². The Bertz CT molecular complexity index is 1540. The Labute approximate surface area is 241 Å². The molecule has 10 heteroatoms. The van der Waals surface area contributed by atoms with Crippen molar-refractivity contribution in [3.63, 3.8) is 0 Å². The second-order valence-electron chi connectivity index (χ2n) is 10.4. The van der Waals surface area contributed by atoms with Crippen molar-refractivity contribution < 1.29 is 4.74 Å². The van der Waals surface area contributed by atoms with Crippen molar-refractivity contribution >= 4 is 45.9 Å². The molecule has 1 fully saturated rings. The van der Waals surface area contributed by atoms with Gasteiger partial charge in [-0.3, -0.25) is 9.97 Å². The van der Waals surface area contributed by atoms with Crippen LogP contribution in [0, 0.1) is 0 Å². The van der Waals surface area contributed by atoms with E-state index in [1.54, 1.807) is 31.8 Å². The number of ether oxygens (including phenoxy) is 1. The average molecular weight is 554 g/mol. The van der Waals surface area contributed by atoms with Crippen LogP contribution >= 0.6 is 0 Å². The Balaban J connectivity index is 1.46. The maximum atomic E-state index is 5.84. The highest BCUT2D eigenvalue weighted by molar-refractivity contribution is 5.85. The van der Waals surface area contributed by atoms with Gasteiger partial charge in [-0.2, -0.15) is 4.98 Å². The maximum Gasteiger partial charge on any atom is 0.229 e. The summed E-state index contributed by atoms with van der Waals surface area (Å²) < 4.78 is 5.84. The van der Waals surface area contributed by atoms with Crippen molar-refractivity contribution in [2.75, 3.05) is 56.9 Å². The number of likely N-dealkylation sites (N-methyl/N-ethyl adjacent to an activating group) is 1. The van der Waals surface area contributed by atoms with E-state index < -0.39 is 0 Å². The zero-order valence-corrected chi connectivity index (χ0v) is 24.5. The predicted molar refractivity (Wildman–Crippen MR) is 168 cm³/mol. The maximum absolute atomic E-state index is 5.84. The Morgan fingerprint density at radius 2 is 1.95 bits per heavy atom.